The third-order valence-corrected chi connectivity index (χ3v) is 7.58. The van der Waals surface area contributed by atoms with Crippen molar-refractivity contribution >= 4 is 40.8 Å². The molecule has 3 amide bonds. The van der Waals surface area contributed by atoms with E-state index in [0.29, 0.717) is 23.4 Å². The van der Waals surface area contributed by atoms with Crippen LogP contribution >= 0.6 is 11.6 Å². The lowest BCUT2D eigenvalue weighted by molar-refractivity contribution is -0.168. The number of nitrogens with zero attached hydrogens (tertiary/aromatic N) is 1. The Balaban J connectivity index is 1.56. The molecule has 2 fully saturated rings. The molecule has 32 heavy (non-hydrogen) atoms. The zero-order valence-corrected chi connectivity index (χ0v) is 19.0. The van der Waals surface area contributed by atoms with E-state index in [-0.39, 0.29) is 41.3 Å². The molecule has 2 bridgehead atoms. The Bertz CT molecular complexity index is 1130. The lowest BCUT2D eigenvalue weighted by Crippen LogP contribution is -2.60. The van der Waals surface area contributed by atoms with Gasteiger partial charge in [0.2, 0.25) is 17.7 Å². The van der Waals surface area contributed by atoms with E-state index in [1.807, 2.05) is 20.8 Å². The van der Waals surface area contributed by atoms with Crippen LogP contribution in [0.2, 0.25) is 5.02 Å². The number of amides is 3. The van der Waals surface area contributed by atoms with Gasteiger partial charge in [-0.1, -0.05) is 62.7 Å². The quantitative estimate of drug-likeness (QED) is 0.541. The van der Waals surface area contributed by atoms with Crippen molar-refractivity contribution in [2.24, 2.45) is 16.7 Å². The number of likely N-dealkylation sites (tertiary alicyclic amines) is 1. The first-order valence-electron chi connectivity index (χ1n) is 10.6. The van der Waals surface area contributed by atoms with Crippen LogP contribution in [0.15, 0.2) is 48.5 Å². The van der Waals surface area contributed by atoms with Crippen LogP contribution in [0, 0.1) is 16.7 Å². The van der Waals surface area contributed by atoms with Gasteiger partial charge in [-0.2, -0.15) is 0 Å². The highest BCUT2D eigenvalue weighted by molar-refractivity contribution is 6.31. The maximum atomic E-state index is 13.2. The molecule has 2 atom stereocenters. The number of hydrogen-bond acceptors (Lipinski definition) is 4. The number of piperidine rings is 1. The first-order chi connectivity index (χ1) is 15.1. The van der Waals surface area contributed by atoms with Crippen molar-refractivity contribution in [2.75, 3.05) is 11.9 Å². The molecular weight excluding hydrogens is 428 g/mol. The van der Waals surface area contributed by atoms with Crippen molar-refractivity contribution in [3.8, 4) is 0 Å². The summed E-state index contributed by atoms with van der Waals surface area (Å²) in [5.74, 6) is -1.74. The van der Waals surface area contributed by atoms with E-state index in [1.165, 1.54) is 6.07 Å². The highest BCUT2D eigenvalue weighted by Gasteiger charge is 2.64. The summed E-state index contributed by atoms with van der Waals surface area (Å²) in [5, 5.41) is 3.05. The third kappa shape index (κ3) is 3.43. The summed E-state index contributed by atoms with van der Waals surface area (Å²) >= 11 is 6.10. The van der Waals surface area contributed by atoms with Gasteiger partial charge in [0.05, 0.1) is 11.1 Å². The SMILES string of the molecule is CC12CCC(C(=O)N(CC(=O)Nc3ccc(Cl)cc3C(=O)c3ccccc3)C1=O)C2(C)C. The average Bonchev–Trinajstić information content (AvgIpc) is 2.96. The smallest absolute Gasteiger partial charge is 0.244 e. The lowest BCUT2D eigenvalue weighted by Gasteiger charge is -2.47. The zero-order valence-electron chi connectivity index (χ0n) is 18.3. The van der Waals surface area contributed by atoms with Crippen LogP contribution in [-0.2, 0) is 14.4 Å². The van der Waals surface area contributed by atoms with Crippen LogP contribution in [0.3, 0.4) is 0 Å². The number of rotatable bonds is 5. The monoisotopic (exact) mass is 452 g/mol. The van der Waals surface area contributed by atoms with E-state index in [9.17, 15) is 19.2 Å². The number of ketones is 1. The highest BCUT2D eigenvalue weighted by atomic mass is 35.5. The molecule has 0 aromatic heterocycles. The molecule has 2 aromatic rings. The van der Waals surface area contributed by atoms with Crippen LogP contribution in [0.1, 0.15) is 49.5 Å². The van der Waals surface area contributed by atoms with Crippen LogP contribution < -0.4 is 5.32 Å². The first kappa shape index (κ1) is 22.2. The molecule has 2 aliphatic rings. The Morgan fingerprint density at radius 2 is 1.78 bits per heavy atom. The molecular formula is C25H25ClN2O4. The summed E-state index contributed by atoms with van der Waals surface area (Å²) in [6, 6.07) is 13.3. The second kappa shape index (κ2) is 7.85. The number of nitrogens with one attached hydrogen (secondary N) is 1. The van der Waals surface area contributed by atoms with Crippen molar-refractivity contribution in [3.05, 3.63) is 64.7 Å². The third-order valence-electron chi connectivity index (χ3n) is 7.35. The molecule has 2 unspecified atom stereocenters. The highest BCUT2D eigenvalue weighted by Crippen LogP contribution is 2.59. The molecule has 6 nitrogen and oxygen atoms in total. The van der Waals surface area contributed by atoms with Crippen molar-refractivity contribution in [1.29, 1.82) is 0 Å². The Labute approximate surface area is 191 Å². The van der Waals surface area contributed by atoms with Crippen molar-refractivity contribution in [2.45, 2.75) is 33.6 Å². The number of fused-ring (bicyclic) bond motifs is 2. The standard InChI is InChI=1S/C25H25ClN2O4/c1-24(2)18-11-12-25(24,3)23(32)28(22(18)31)14-20(29)27-19-10-9-16(26)13-17(19)21(30)15-7-5-4-6-8-15/h4-10,13,18H,11-12,14H2,1-3H3,(H,27,29). The van der Waals surface area contributed by atoms with Gasteiger partial charge in [0.25, 0.3) is 0 Å². The fraction of sp³-hybridized carbons (Fsp3) is 0.360. The average molecular weight is 453 g/mol. The molecule has 2 aromatic carbocycles. The molecule has 1 aliphatic heterocycles. The molecule has 1 heterocycles. The Morgan fingerprint density at radius 1 is 1.09 bits per heavy atom. The maximum absolute atomic E-state index is 13.2. The fourth-order valence-corrected chi connectivity index (χ4v) is 5.11. The van der Waals surface area contributed by atoms with Crippen LogP contribution in [0.4, 0.5) is 5.69 Å². The normalized spacial score (nSPS) is 23.9. The van der Waals surface area contributed by atoms with E-state index in [0.717, 1.165) is 4.90 Å². The lowest BCUT2D eigenvalue weighted by atomic mass is 9.62. The number of anilines is 1. The minimum Gasteiger partial charge on any atom is -0.324 e. The fourth-order valence-electron chi connectivity index (χ4n) is 4.94. The first-order valence-corrected chi connectivity index (χ1v) is 11.0. The number of hydrogen-bond donors (Lipinski definition) is 1. The van der Waals surface area contributed by atoms with Crippen LogP contribution in [-0.4, -0.2) is 34.9 Å². The van der Waals surface area contributed by atoms with Gasteiger partial charge in [-0.05, 0) is 36.5 Å². The second-order valence-corrected chi connectivity index (χ2v) is 9.74. The van der Waals surface area contributed by atoms with Crippen molar-refractivity contribution < 1.29 is 19.2 Å². The summed E-state index contributed by atoms with van der Waals surface area (Å²) in [5.41, 5.74) is -0.153. The predicted octanol–water partition coefficient (Wildman–Crippen LogP) is 4.32. The maximum Gasteiger partial charge on any atom is 0.244 e. The molecule has 1 saturated heterocycles. The molecule has 1 aliphatic carbocycles. The summed E-state index contributed by atoms with van der Waals surface area (Å²) in [6.07, 6.45) is 1.26. The summed E-state index contributed by atoms with van der Waals surface area (Å²) in [6.45, 7) is 5.39. The van der Waals surface area contributed by atoms with Gasteiger partial charge < -0.3 is 5.32 Å². The molecule has 166 valence electrons. The minimum atomic E-state index is -0.680. The molecule has 0 radical (unpaired) electrons. The van der Waals surface area contributed by atoms with E-state index in [4.69, 9.17) is 11.6 Å². The summed E-state index contributed by atoms with van der Waals surface area (Å²) in [7, 11) is 0. The van der Waals surface area contributed by atoms with Crippen molar-refractivity contribution in [1.82, 2.24) is 4.90 Å². The van der Waals surface area contributed by atoms with E-state index in [2.05, 4.69) is 5.32 Å². The number of carbonyl (C=O) groups is 4. The molecule has 1 saturated carbocycles. The molecule has 4 rings (SSSR count). The van der Waals surface area contributed by atoms with Gasteiger partial charge in [0, 0.05) is 22.1 Å². The summed E-state index contributed by atoms with van der Waals surface area (Å²) < 4.78 is 0. The topological polar surface area (TPSA) is 83.6 Å². The number of benzene rings is 2. The summed E-state index contributed by atoms with van der Waals surface area (Å²) in [4.78, 5) is 53.1. The van der Waals surface area contributed by atoms with Crippen LogP contribution in [0.5, 0.6) is 0 Å². The van der Waals surface area contributed by atoms with Gasteiger partial charge in [-0.25, -0.2) is 0 Å². The molecule has 7 heteroatoms. The van der Waals surface area contributed by atoms with Gasteiger partial charge in [0.1, 0.15) is 6.54 Å². The molecule has 1 N–H and O–H groups in total. The van der Waals surface area contributed by atoms with Gasteiger partial charge in [0.15, 0.2) is 5.78 Å². The second-order valence-electron chi connectivity index (χ2n) is 9.31. The Kier molecular flexibility index (Phi) is 5.45. The van der Waals surface area contributed by atoms with Crippen molar-refractivity contribution in [3.63, 3.8) is 0 Å². The molecule has 0 spiro atoms. The predicted molar refractivity (Wildman–Crippen MR) is 121 cm³/mol. The minimum absolute atomic E-state index is 0.238. The van der Waals surface area contributed by atoms with Gasteiger partial charge >= 0.3 is 0 Å². The van der Waals surface area contributed by atoms with Gasteiger partial charge in [-0.3, -0.25) is 24.1 Å². The van der Waals surface area contributed by atoms with Gasteiger partial charge in [-0.15, -0.1) is 0 Å². The van der Waals surface area contributed by atoms with Crippen LogP contribution in [0.25, 0.3) is 0 Å². The largest absolute Gasteiger partial charge is 0.324 e. The Morgan fingerprint density at radius 3 is 2.47 bits per heavy atom. The van der Waals surface area contributed by atoms with E-state index < -0.39 is 16.7 Å². The number of carbonyl (C=O) groups excluding carboxylic acids is 4. The van der Waals surface area contributed by atoms with E-state index in [1.54, 1.807) is 42.5 Å². The zero-order chi connectivity index (χ0) is 23.3. The Hall–Kier alpha value is -2.99. The van der Waals surface area contributed by atoms with E-state index >= 15 is 0 Å². The number of halogens is 1. The number of imide groups is 1.